The predicted molar refractivity (Wildman–Crippen MR) is 70.3 cm³/mol. The van der Waals surface area contributed by atoms with Crippen LogP contribution in [0.2, 0.25) is 0 Å². The van der Waals surface area contributed by atoms with Gasteiger partial charge in [-0.1, -0.05) is 18.2 Å². The van der Waals surface area contributed by atoms with Crippen molar-refractivity contribution in [2.45, 2.75) is 18.7 Å². The number of halogens is 2. The molecule has 21 heavy (non-hydrogen) atoms. The molecule has 2 aromatic carbocycles. The quantitative estimate of drug-likeness (QED) is 0.357. The molecule has 0 aliphatic rings. The molecule has 0 amide bonds. The number of hydrogen-bond donors (Lipinski definition) is 0. The monoisotopic (exact) mass is 322 g/mol. The summed E-state index contributed by atoms with van der Waals surface area (Å²) < 4.78 is 29.0. The fourth-order valence-electron chi connectivity index (χ4n) is 1.27. The molecule has 0 saturated carbocycles. The van der Waals surface area contributed by atoms with Crippen LogP contribution in [0.3, 0.4) is 0 Å². The van der Waals surface area contributed by atoms with Gasteiger partial charge in [-0.25, -0.2) is 8.78 Å². The summed E-state index contributed by atoms with van der Waals surface area (Å²) in [5.74, 6) is -0.421. The van der Waals surface area contributed by atoms with Gasteiger partial charge in [0, 0.05) is 4.90 Å². The van der Waals surface area contributed by atoms with E-state index in [4.69, 9.17) is 0 Å². The minimum absolute atomic E-state index is 0. The summed E-state index contributed by atoms with van der Waals surface area (Å²) in [6, 6.07) is 11.0. The minimum Gasteiger partial charge on any atom is -0.691 e. The van der Waals surface area contributed by atoms with Crippen LogP contribution in [-0.2, 0) is 9.37 Å². The molecule has 0 heterocycles. The minimum atomic E-state index is -0.289. The SMILES string of the molecule is Cc1cc(SOO[O-])ccc1F.Cc1ccccc1F.[Na+]. The third-order valence-corrected chi connectivity index (χ3v) is 2.93. The molecule has 0 spiro atoms. The Morgan fingerprint density at radius 3 is 2.05 bits per heavy atom. The first-order valence-corrected chi connectivity index (χ1v) is 6.39. The first-order valence-electron chi connectivity index (χ1n) is 5.65. The maximum atomic E-state index is 12.7. The van der Waals surface area contributed by atoms with Crippen LogP contribution in [0.4, 0.5) is 8.78 Å². The van der Waals surface area contributed by atoms with Crippen LogP contribution in [0.25, 0.3) is 0 Å². The standard InChI is InChI=1S/C7H7FO3S.C7H7F.Na/c1-5-4-6(12-11-10-9)2-3-7(5)8;1-6-4-2-3-5-7(6)8;/h2-4,9H,1H3;2-5H,1H3;/q;;+1/p-1. The molecule has 0 N–H and O–H groups in total. The predicted octanol–water partition coefficient (Wildman–Crippen LogP) is 0.503. The molecule has 0 fully saturated rings. The van der Waals surface area contributed by atoms with Crippen LogP contribution >= 0.6 is 12.0 Å². The van der Waals surface area contributed by atoms with Gasteiger partial charge in [-0.15, -0.1) is 0 Å². The van der Waals surface area contributed by atoms with Crippen LogP contribution in [0.5, 0.6) is 0 Å². The molecule has 0 saturated heterocycles. The van der Waals surface area contributed by atoms with E-state index in [0.717, 1.165) is 12.0 Å². The van der Waals surface area contributed by atoms with Crippen LogP contribution < -0.4 is 34.8 Å². The van der Waals surface area contributed by atoms with Gasteiger partial charge < -0.3 is 5.26 Å². The van der Waals surface area contributed by atoms with E-state index in [2.05, 4.69) is 9.37 Å². The molecule has 2 rings (SSSR count). The molecular weight excluding hydrogens is 309 g/mol. The van der Waals surface area contributed by atoms with Gasteiger partial charge >= 0.3 is 29.6 Å². The van der Waals surface area contributed by atoms with Crippen LogP contribution in [0, 0.1) is 25.5 Å². The summed E-state index contributed by atoms with van der Waals surface area (Å²) in [4.78, 5) is 0.616. The van der Waals surface area contributed by atoms with E-state index >= 15 is 0 Å². The van der Waals surface area contributed by atoms with E-state index in [0.29, 0.717) is 16.0 Å². The molecule has 7 heteroatoms. The van der Waals surface area contributed by atoms with E-state index in [9.17, 15) is 14.0 Å². The first kappa shape index (κ1) is 20.5. The summed E-state index contributed by atoms with van der Waals surface area (Å²) in [6.07, 6.45) is 0. The molecule has 108 valence electrons. The Bertz CT molecular complexity index is 534. The number of benzene rings is 2. The zero-order valence-corrected chi connectivity index (χ0v) is 14.7. The molecule has 0 aliphatic heterocycles. The number of aryl methyl sites for hydroxylation is 2. The molecule has 3 nitrogen and oxygen atoms in total. The summed E-state index contributed by atoms with van der Waals surface area (Å²) in [5, 5.41) is 12.6. The van der Waals surface area contributed by atoms with Crippen LogP contribution in [0.15, 0.2) is 47.4 Å². The van der Waals surface area contributed by atoms with E-state index < -0.39 is 0 Å². The van der Waals surface area contributed by atoms with E-state index in [1.807, 2.05) is 6.07 Å². The van der Waals surface area contributed by atoms with Crippen molar-refractivity contribution in [3.05, 3.63) is 65.2 Å². The Morgan fingerprint density at radius 1 is 0.952 bits per heavy atom. The van der Waals surface area contributed by atoms with E-state index in [-0.39, 0.29) is 41.2 Å². The zero-order chi connectivity index (χ0) is 15.0. The number of rotatable bonds is 3. The molecule has 0 bridgehead atoms. The van der Waals surface area contributed by atoms with Crippen LogP contribution in [-0.4, -0.2) is 0 Å². The normalized spacial score (nSPS) is 9.38. The summed E-state index contributed by atoms with van der Waals surface area (Å²) in [6.45, 7) is 3.37. The van der Waals surface area contributed by atoms with Crippen molar-refractivity contribution in [2.75, 3.05) is 0 Å². The molecule has 0 aliphatic carbocycles. The zero-order valence-electron chi connectivity index (χ0n) is 11.9. The van der Waals surface area contributed by atoms with E-state index in [1.165, 1.54) is 18.2 Å². The molecule has 0 radical (unpaired) electrons. The second-order valence-electron chi connectivity index (χ2n) is 3.88. The summed E-state index contributed by atoms with van der Waals surface area (Å²) >= 11 is 0.742. The van der Waals surface area contributed by atoms with Gasteiger partial charge in [0.25, 0.3) is 0 Å². The molecule has 0 atom stereocenters. The molecule has 2 aromatic rings. The van der Waals surface area contributed by atoms with Crippen molar-refractivity contribution in [3.63, 3.8) is 0 Å². The maximum Gasteiger partial charge on any atom is 1.00 e. The second-order valence-corrected chi connectivity index (χ2v) is 4.65. The van der Waals surface area contributed by atoms with Gasteiger partial charge in [0.05, 0.1) is 12.0 Å². The van der Waals surface area contributed by atoms with Crippen molar-refractivity contribution >= 4 is 12.0 Å². The van der Waals surface area contributed by atoms with Gasteiger partial charge in [-0.2, -0.15) is 4.33 Å². The van der Waals surface area contributed by atoms with Crippen molar-refractivity contribution in [2.24, 2.45) is 0 Å². The van der Waals surface area contributed by atoms with Crippen molar-refractivity contribution in [1.29, 1.82) is 0 Å². The van der Waals surface area contributed by atoms with E-state index in [1.54, 1.807) is 32.0 Å². The van der Waals surface area contributed by atoms with Crippen molar-refractivity contribution in [1.82, 2.24) is 0 Å². The maximum absolute atomic E-state index is 12.7. The average molecular weight is 322 g/mol. The van der Waals surface area contributed by atoms with Crippen LogP contribution in [0.1, 0.15) is 11.1 Å². The number of hydrogen-bond acceptors (Lipinski definition) is 4. The Labute approximate surface area is 148 Å². The Morgan fingerprint density at radius 2 is 1.57 bits per heavy atom. The third-order valence-electron chi connectivity index (χ3n) is 2.36. The topological polar surface area (TPSA) is 41.5 Å². The largest absolute Gasteiger partial charge is 1.00 e. The van der Waals surface area contributed by atoms with Gasteiger partial charge in [0.15, 0.2) is 0 Å². The molecule has 0 aromatic heterocycles. The third kappa shape index (κ3) is 7.92. The Balaban J connectivity index is 0.000000390. The molecular formula is C14H13F2NaO3S. The molecule has 0 unspecified atom stereocenters. The first-order chi connectivity index (χ1) is 9.54. The van der Waals surface area contributed by atoms with Crippen molar-refractivity contribution in [3.8, 4) is 0 Å². The Kier molecular flexibility index (Phi) is 10.9. The van der Waals surface area contributed by atoms with Gasteiger partial charge in [-0.05, 0) is 49.2 Å². The van der Waals surface area contributed by atoms with Gasteiger partial charge in [0.1, 0.15) is 11.6 Å². The smallest absolute Gasteiger partial charge is 0.691 e. The van der Waals surface area contributed by atoms with Gasteiger partial charge in [-0.3, -0.25) is 5.04 Å². The summed E-state index contributed by atoms with van der Waals surface area (Å²) in [7, 11) is 0. The van der Waals surface area contributed by atoms with Gasteiger partial charge in [0.2, 0.25) is 0 Å². The van der Waals surface area contributed by atoms with Crippen molar-refractivity contribution < 1.29 is 53.0 Å². The average Bonchev–Trinajstić information content (AvgIpc) is 2.44. The second kappa shape index (κ2) is 11.1. The summed E-state index contributed by atoms with van der Waals surface area (Å²) in [5.41, 5.74) is 1.20. The fourth-order valence-corrected chi connectivity index (χ4v) is 1.73. The fraction of sp³-hybridized carbons (Fsp3) is 0.143. The Hall–Kier alpha value is -0.470.